The molecule has 1 aromatic rings. The standard InChI is InChI=1S/C16H26N2O3/c1-4-6-7-8-9-12(3)21-15-10-13(14(17)11-18-15)16(19)20-5-2/h10-12H,4-9,17H2,1-3H3. The van der Waals surface area contributed by atoms with Crippen molar-refractivity contribution in [3.8, 4) is 5.88 Å². The van der Waals surface area contributed by atoms with Gasteiger partial charge in [0.2, 0.25) is 5.88 Å². The maximum absolute atomic E-state index is 11.8. The van der Waals surface area contributed by atoms with Crippen LogP contribution >= 0.6 is 0 Å². The topological polar surface area (TPSA) is 74.4 Å². The molecule has 0 saturated heterocycles. The van der Waals surface area contributed by atoms with Crippen molar-refractivity contribution in [2.24, 2.45) is 0 Å². The number of rotatable bonds is 9. The first-order valence-corrected chi connectivity index (χ1v) is 7.67. The third-order valence-corrected chi connectivity index (χ3v) is 3.19. The van der Waals surface area contributed by atoms with Gasteiger partial charge in [0.1, 0.15) is 0 Å². The van der Waals surface area contributed by atoms with Crippen molar-refractivity contribution in [2.45, 2.75) is 59.0 Å². The van der Waals surface area contributed by atoms with Crippen LogP contribution in [0.3, 0.4) is 0 Å². The molecule has 1 atom stereocenters. The number of hydrogen-bond acceptors (Lipinski definition) is 5. The van der Waals surface area contributed by atoms with E-state index in [-0.39, 0.29) is 6.10 Å². The number of esters is 1. The van der Waals surface area contributed by atoms with Crippen molar-refractivity contribution < 1.29 is 14.3 Å². The predicted octanol–water partition coefficient (Wildman–Crippen LogP) is 3.58. The van der Waals surface area contributed by atoms with E-state index in [4.69, 9.17) is 15.2 Å². The zero-order chi connectivity index (χ0) is 15.7. The van der Waals surface area contributed by atoms with Crippen molar-refractivity contribution >= 4 is 11.7 Å². The molecule has 21 heavy (non-hydrogen) atoms. The van der Waals surface area contributed by atoms with E-state index in [1.165, 1.54) is 25.5 Å². The van der Waals surface area contributed by atoms with E-state index >= 15 is 0 Å². The first-order valence-electron chi connectivity index (χ1n) is 7.67. The molecule has 0 saturated carbocycles. The van der Waals surface area contributed by atoms with E-state index in [2.05, 4.69) is 11.9 Å². The van der Waals surface area contributed by atoms with E-state index in [1.807, 2.05) is 6.92 Å². The van der Waals surface area contributed by atoms with Crippen LogP contribution in [0.5, 0.6) is 5.88 Å². The fourth-order valence-electron chi connectivity index (χ4n) is 2.02. The molecule has 0 aliphatic rings. The van der Waals surface area contributed by atoms with E-state index < -0.39 is 5.97 Å². The zero-order valence-corrected chi connectivity index (χ0v) is 13.2. The Morgan fingerprint density at radius 1 is 1.33 bits per heavy atom. The van der Waals surface area contributed by atoms with E-state index in [0.29, 0.717) is 23.7 Å². The molecule has 0 aromatic carbocycles. The quantitative estimate of drug-likeness (QED) is 0.556. The highest BCUT2D eigenvalue weighted by molar-refractivity contribution is 5.95. The van der Waals surface area contributed by atoms with Gasteiger partial charge in [-0.1, -0.05) is 26.2 Å². The van der Waals surface area contributed by atoms with Crippen LogP contribution in [-0.2, 0) is 4.74 Å². The lowest BCUT2D eigenvalue weighted by molar-refractivity contribution is 0.0526. The van der Waals surface area contributed by atoms with Gasteiger partial charge in [-0.15, -0.1) is 0 Å². The average Bonchev–Trinajstić information content (AvgIpc) is 2.46. The van der Waals surface area contributed by atoms with Crippen LogP contribution in [0.25, 0.3) is 0 Å². The monoisotopic (exact) mass is 294 g/mol. The minimum atomic E-state index is -0.446. The molecular weight excluding hydrogens is 268 g/mol. The van der Waals surface area contributed by atoms with Gasteiger partial charge in [0.05, 0.1) is 30.2 Å². The second kappa shape index (κ2) is 9.21. The van der Waals surface area contributed by atoms with Gasteiger partial charge in [-0.3, -0.25) is 0 Å². The maximum Gasteiger partial charge on any atom is 0.340 e. The zero-order valence-electron chi connectivity index (χ0n) is 13.2. The van der Waals surface area contributed by atoms with Gasteiger partial charge in [0, 0.05) is 6.07 Å². The molecule has 0 spiro atoms. The van der Waals surface area contributed by atoms with E-state index in [0.717, 1.165) is 12.8 Å². The second-order valence-electron chi connectivity index (χ2n) is 5.11. The van der Waals surface area contributed by atoms with Crippen molar-refractivity contribution in [1.29, 1.82) is 0 Å². The lowest BCUT2D eigenvalue weighted by Gasteiger charge is -2.14. The highest BCUT2D eigenvalue weighted by Crippen LogP contribution is 2.19. The minimum absolute atomic E-state index is 0.0630. The lowest BCUT2D eigenvalue weighted by Crippen LogP contribution is -2.14. The van der Waals surface area contributed by atoms with Crippen LogP contribution in [0.4, 0.5) is 5.69 Å². The summed E-state index contributed by atoms with van der Waals surface area (Å²) < 4.78 is 10.7. The molecule has 1 aromatic heterocycles. The highest BCUT2D eigenvalue weighted by atomic mass is 16.5. The third kappa shape index (κ3) is 6.02. The summed E-state index contributed by atoms with van der Waals surface area (Å²) >= 11 is 0. The maximum atomic E-state index is 11.8. The van der Waals surface area contributed by atoms with Gasteiger partial charge in [-0.25, -0.2) is 9.78 Å². The van der Waals surface area contributed by atoms with Gasteiger partial charge in [0.25, 0.3) is 0 Å². The van der Waals surface area contributed by atoms with Gasteiger partial charge >= 0.3 is 5.97 Å². The van der Waals surface area contributed by atoms with Crippen molar-refractivity contribution in [2.75, 3.05) is 12.3 Å². The molecule has 0 bridgehead atoms. The number of anilines is 1. The molecule has 5 nitrogen and oxygen atoms in total. The Balaban J connectivity index is 2.59. The predicted molar refractivity (Wildman–Crippen MR) is 83.5 cm³/mol. The van der Waals surface area contributed by atoms with Gasteiger partial charge in [-0.2, -0.15) is 0 Å². The lowest BCUT2D eigenvalue weighted by atomic mass is 10.1. The number of carbonyl (C=O) groups excluding carboxylic acids is 1. The molecule has 1 rings (SSSR count). The van der Waals surface area contributed by atoms with Crippen LogP contribution in [0.1, 0.15) is 63.2 Å². The summed E-state index contributed by atoms with van der Waals surface area (Å²) in [5, 5.41) is 0. The number of nitrogen functional groups attached to an aromatic ring is 1. The van der Waals surface area contributed by atoms with E-state index in [9.17, 15) is 4.79 Å². The van der Waals surface area contributed by atoms with Gasteiger partial charge < -0.3 is 15.2 Å². The molecule has 1 heterocycles. The van der Waals surface area contributed by atoms with Crippen molar-refractivity contribution in [3.63, 3.8) is 0 Å². The molecule has 118 valence electrons. The number of pyridine rings is 1. The summed E-state index contributed by atoms with van der Waals surface area (Å²) in [7, 11) is 0. The van der Waals surface area contributed by atoms with Crippen LogP contribution in [0, 0.1) is 0 Å². The smallest absolute Gasteiger partial charge is 0.340 e. The largest absolute Gasteiger partial charge is 0.475 e. The fourth-order valence-corrected chi connectivity index (χ4v) is 2.02. The summed E-state index contributed by atoms with van der Waals surface area (Å²) in [4.78, 5) is 15.9. The fraction of sp³-hybridized carbons (Fsp3) is 0.625. The summed E-state index contributed by atoms with van der Waals surface area (Å²) in [6.07, 6.45) is 7.29. The van der Waals surface area contributed by atoms with Crippen molar-refractivity contribution in [3.05, 3.63) is 17.8 Å². The summed E-state index contributed by atoms with van der Waals surface area (Å²) in [6.45, 7) is 6.26. The van der Waals surface area contributed by atoms with Gasteiger partial charge in [0.15, 0.2) is 0 Å². The van der Waals surface area contributed by atoms with Crippen LogP contribution in [-0.4, -0.2) is 23.7 Å². The van der Waals surface area contributed by atoms with Gasteiger partial charge in [-0.05, 0) is 26.7 Å². The Hall–Kier alpha value is -1.78. The van der Waals surface area contributed by atoms with E-state index in [1.54, 1.807) is 13.0 Å². The Bertz CT molecular complexity index is 449. The number of hydrogen-bond donors (Lipinski definition) is 1. The first kappa shape index (κ1) is 17.3. The number of nitrogens with two attached hydrogens (primary N) is 1. The summed E-state index contributed by atoms with van der Waals surface area (Å²) in [5.41, 5.74) is 6.35. The Morgan fingerprint density at radius 3 is 2.76 bits per heavy atom. The normalized spacial score (nSPS) is 12.0. The number of carbonyl (C=O) groups is 1. The van der Waals surface area contributed by atoms with Crippen LogP contribution in [0.15, 0.2) is 12.3 Å². The Morgan fingerprint density at radius 2 is 2.10 bits per heavy atom. The first-order chi connectivity index (χ1) is 10.1. The minimum Gasteiger partial charge on any atom is -0.475 e. The summed E-state index contributed by atoms with van der Waals surface area (Å²) in [6, 6.07) is 1.55. The number of aromatic nitrogens is 1. The number of ether oxygens (including phenoxy) is 2. The third-order valence-electron chi connectivity index (χ3n) is 3.19. The van der Waals surface area contributed by atoms with Crippen LogP contribution in [0.2, 0.25) is 0 Å². The molecule has 2 N–H and O–H groups in total. The SMILES string of the molecule is CCCCCCC(C)Oc1cc(C(=O)OCC)c(N)cn1. The van der Waals surface area contributed by atoms with Crippen molar-refractivity contribution in [1.82, 2.24) is 4.98 Å². The molecule has 1 unspecified atom stereocenters. The molecule has 0 fully saturated rings. The average molecular weight is 294 g/mol. The molecular formula is C16H26N2O3. The number of unbranched alkanes of at least 4 members (excludes halogenated alkanes) is 3. The Labute approximate surface area is 126 Å². The highest BCUT2D eigenvalue weighted by Gasteiger charge is 2.14. The molecule has 5 heteroatoms. The second-order valence-corrected chi connectivity index (χ2v) is 5.11. The Kier molecular flexibility index (Phi) is 7.58. The molecule has 0 aliphatic carbocycles. The summed E-state index contributed by atoms with van der Waals surface area (Å²) in [5.74, 6) is -0.0342. The van der Waals surface area contributed by atoms with Crippen LogP contribution < -0.4 is 10.5 Å². The molecule has 0 amide bonds. The molecule has 0 radical (unpaired) electrons. The molecule has 0 aliphatic heterocycles. The number of nitrogens with zero attached hydrogens (tertiary/aromatic N) is 1.